The fourth-order valence-electron chi connectivity index (χ4n) is 3.69. The minimum Gasteiger partial charge on any atom is -0.355 e. The molecular weight excluding hydrogens is 504 g/mol. The van der Waals surface area contributed by atoms with Gasteiger partial charge in [-0.15, -0.1) is 0 Å². The Morgan fingerprint density at radius 3 is 1.33 bits per heavy atom. The molecule has 0 aromatic heterocycles. The van der Waals surface area contributed by atoms with Gasteiger partial charge < -0.3 is 10.6 Å². The normalized spacial score (nSPS) is 18.2. The van der Waals surface area contributed by atoms with E-state index in [0.29, 0.717) is 6.42 Å². The van der Waals surface area contributed by atoms with Crippen molar-refractivity contribution in [2.75, 3.05) is 39.3 Å². The number of rotatable bonds is 4. The van der Waals surface area contributed by atoms with E-state index in [1.807, 2.05) is 13.8 Å². The van der Waals surface area contributed by atoms with Gasteiger partial charge in [0.05, 0.1) is 22.9 Å². The third-order valence-corrected chi connectivity index (χ3v) is 9.49. The van der Waals surface area contributed by atoms with Gasteiger partial charge in [-0.2, -0.15) is 8.61 Å². The first-order valence-electron chi connectivity index (χ1n) is 11.7. The molecule has 3 rings (SSSR count). The van der Waals surface area contributed by atoms with E-state index in [9.17, 15) is 26.4 Å². The van der Waals surface area contributed by atoms with Crippen LogP contribution in [0.1, 0.15) is 24.0 Å². The highest BCUT2D eigenvalue weighted by Gasteiger charge is 2.30. The molecule has 0 unspecified atom stereocenters. The maximum Gasteiger partial charge on any atom is 0.243 e. The Labute approximate surface area is 212 Å². The number of carbonyl (C=O) groups excluding carboxylic acids is 2. The predicted octanol–water partition coefficient (Wildman–Crippen LogP) is 1.01. The van der Waals surface area contributed by atoms with E-state index >= 15 is 0 Å². The maximum atomic E-state index is 13.3. The molecule has 2 aromatic rings. The standard InChI is InChI=1S/C24H32N4O6S2/c1-19-5-9-21(10-6-19)35(31,32)27-15-4-16-28(36(33,34)22-11-7-20(2)8-12-22)18-24(30)26-14-3-13-25-23(29)17-27/h5-12H,3-4,13-18H2,1-2H3,(H,25,29)(H,26,30). The van der Waals surface area contributed by atoms with Crippen LogP contribution in [-0.4, -0.2) is 76.5 Å². The van der Waals surface area contributed by atoms with Crippen LogP contribution in [0.4, 0.5) is 0 Å². The Morgan fingerprint density at radius 2 is 0.972 bits per heavy atom. The molecule has 1 saturated heterocycles. The van der Waals surface area contributed by atoms with Crippen molar-refractivity contribution in [1.29, 1.82) is 0 Å². The van der Waals surface area contributed by atoms with E-state index in [2.05, 4.69) is 10.6 Å². The summed E-state index contributed by atoms with van der Waals surface area (Å²) in [7, 11) is -8.02. The number of sulfonamides is 2. The quantitative estimate of drug-likeness (QED) is 0.599. The van der Waals surface area contributed by atoms with Crippen molar-refractivity contribution in [3.05, 3.63) is 59.7 Å². The second-order valence-electron chi connectivity index (χ2n) is 8.71. The van der Waals surface area contributed by atoms with Crippen molar-refractivity contribution in [2.24, 2.45) is 0 Å². The topological polar surface area (TPSA) is 133 Å². The van der Waals surface area contributed by atoms with Crippen LogP contribution in [0.25, 0.3) is 0 Å². The molecule has 0 radical (unpaired) electrons. The first kappa shape index (κ1) is 27.8. The smallest absolute Gasteiger partial charge is 0.243 e. The van der Waals surface area contributed by atoms with Gasteiger partial charge in [0.25, 0.3) is 0 Å². The summed E-state index contributed by atoms with van der Waals surface area (Å²) in [6, 6.07) is 12.6. The molecule has 12 heteroatoms. The van der Waals surface area contributed by atoms with Gasteiger partial charge in [0.2, 0.25) is 31.9 Å². The molecule has 1 fully saturated rings. The fourth-order valence-corrected chi connectivity index (χ4v) is 6.56. The summed E-state index contributed by atoms with van der Waals surface area (Å²) in [5, 5.41) is 5.34. The van der Waals surface area contributed by atoms with Gasteiger partial charge in [-0.25, -0.2) is 16.8 Å². The summed E-state index contributed by atoms with van der Waals surface area (Å²) in [6.07, 6.45) is 0.490. The summed E-state index contributed by atoms with van der Waals surface area (Å²) >= 11 is 0. The largest absolute Gasteiger partial charge is 0.355 e. The molecule has 0 atom stereocenters. The molecule has 0 aliphatic carbocycles. The first-order valence-corrected chi connectivity index (χ1v) is 14.6. The van der Waals surface area contributed by atoms with Crippen molar-refractivity contribution in [2.45, 2.75) is 36.5 Å². The van der Waals surface area contributed by atoms with Crippen LogP contribution >= 0.6 is 0 Å². The van der Waals surface area contributed by atoms with Gasteiger partial charge in [0.1, 0.15) is 0 Å². The zero-order chi connectivity index (χ0) is 26.3. The average Bonchev–Trinajstić information content (AvgIpc) is 2.82. The zero-order valence-electron chi connectivity index (χ0n) is 20.4. The Hall–Kier alpha value is -2.80. The van der Waals surface area contributed by atoms with Crippen LogP contribution in [0.15, 0.2) is 58.3 Å². The molecule has 2 N–H and O–H groups in total. The lowest BCUT2D eigenvalue weighted by Crippen LogP contribution is -2.45. The van der Waals surface area contributed by atoms with Gasteiger partial charge in [-0.3, -0.25) is 9.59 Å². The van der Waals surface area contributed by atoms with Crippen molar-refractivity contribution < 1.29 is 26.4 Å². The summed E-state index contributed by atoms with van der Waals surface area (Å²) in [4.78, 5) is 25.1. The van der Waals surface area contributed by atoms with Crippen molar-refractivity contribution >= 4 is 31.9 Å². The van der Waals surface area contributed by atoms with Gasteiger partial charge >= 0.3 is 0 Å². The SMILES string of the molecule is Cc1ccc(S(=O)(=O)N2CCCN(S(=O)(=O)c3ccc(C)cc3)CC(=O)NCCCNC(=O)C2)cc1. The highest BCUT2D eigenvalue weighted by molar-refractivity contribution is 7.89. The highest BCUT2D eigenvalue weighted by atomic mass is 32.2. The molecule has 10 nitrogen and oxygen atoms in total. The van der Waals surface area contributed by atoms with Crippen LogP contribution in [-0.2, 0) is 29.6 Å². The molecular formula is C24H32N4O6S2. The molecule has 1 aliphatic rings. The Morgan fingerprint density at radius 1 is 0.611 bits per heavy atom. The van der Waals surface area contributed by atoms with E-state index in [-0.39, 0.29) is 42.4 Å². The molecule has 0 bridgehead atoms. The number of amides is 2. The Bertz CT molecular complexity index is 1180. The Kier molecular flexibility index (Phi) is 9.23. The number of aryl methyl sites for hydroxylation is 2. The summed E-state index contributed by atoms with van der Waals surface area (Å²) in [5.41, 5.74) is 1.78. The third kappa shape index (κ3) is 7.12. The van der Waals surface area contributed by atoms with E-state index < -0.39 is 45.0 Å². The van der Waals surface area contributed by atoms with Crippen LogP contribution < -0.4 is 10.6 Å². The summed E-state index contributed by atoms with van der Waals surface area (Å²) in [6.45, 7) is 3.15. The van der Waals surface area contributed by atoms with Crippen molar-refractivity contribution in [3.63, 3.8) is 0 Å². The van der Waals surface area contributed by atoms with E-state index in [0.717, 1.165) is 19.7 Å². The molecule has 1 aliphatic heterocycles. The fraction of sp³-hybridized carbons (Fsp3) is 0.417. The van der Waals surface area contributed by atoms with Crippen LogP contribution in [0.2, 0.25) is 0 Å². The molecule has 2 aromatic carbocycles. The van der Waals surface area contributed by atoms with Crippen molar-refractivity contribution in [3.8, 4) is 0 Å². The number of benzene rings is 2. The molecule has 0 saturated carbocycles. The molecule has 36 heavy (non-hydrogen) atoms. The average molecular weight is 537 g/mol. The lowest BCUT2D eigenvalue weighted by Gasteiger charge is -2.25. The van der Waals surface area contributed by atoms with Crippen LogP contribution in [0.3, 0.4) is 0 Å². The summed E-state index contributed by atoms with van der Waals surface area (Å²) in [5.74, 6) is -0.948. The van der Waals surface area contributed by atoms with Crippen molar-refractivity contribution in [1.82, 2.24) is 19.2 Å². The zero-order valence-corrected chi connectivity index (χ0v) is 22.1. The Balaban J connectivity index is 1.88. The maximum absolute atomic E-state index is 13.3. The molecule has 196 valence electrons. The minimum atomic E-state index is -4.01. The van der Waals surface area contributed by atoms with Gasteiger partial charge in [-0.05, 0) is 51.0 Å². The number of nitrogens with one attached hydrogen (secondary N) is 2. The molecule has 2 amide bonds. The van der Waals surface area contributed by atoms with Crippen LogP contribution in [0.5, 0.6) is 0 Å². The van der Waals surface area contributed by atoms with E-state index in [1.165, 1.54) is 24.3 Å². The monoisotopic (exact) mass is 536 g/mol. The second kappa shape index (κ2) is 12.0. The molecule has 0 spiro atoms. The van der Waals surface area contributed by atoms with E-state index in [1.54, 1.807) is 24.3 Å². The van der Waals surface area contributed by atoms with Gasteiger partial charge in [0.15, 0.2) is 0 Å². The number of hydrogen-bond donors (Lipinski definition) is 2. The van der Waals surface area contributed by atoms with Crippen LogP contribution in [0, 0.1) is 13.8 Å². The summed E-state index contributed by atoms with van der Waals surface area (Å²) < 4.78 is 55.4. The number of nitrogens with zero attached hydrogens (tertiary/aromatic N) is 2. The number of hydrogen-bond acceptors (Lipinski definition) is 6. The number of carbonyl (C=O) groups is 2. The lowest BCUT2D eigenvalue weighted by atomic mass is 10.2. The molecule has 1 heterocycles. The third-order valence-electron chi connectivity index (χ3n) is 5.77. The second-order valence-corrected chi connectivity index (χ2v) is 12.6. The predicted molar refractivity (Wildman–Crippen MR) is 135 cm³/mol. The lowest BCUT2D eigenvalue weighted by molar-refractivity contribution is -0.121. The first-order chi connectivity index (χ1) is 17.0. The van der Waals surface area contributed by atoms with E-state index in [4.69, 9.17) is 0 Å². The minimum absolute atomic E-state index is 0.0468. The van der Waals surface area contributed by atoms with Gasteiger partial charge in [-0.1, -0.05) is 35.4 Å². The van der Waals surface area contributed by atoms with Gasteiger partial charge in [0, 0.05) is 26.2 Å². The highest BCUT2D eigenvalue weighted by Crippen LogP contribution is 2.19.